The number of rotatable bonds is 4. The Morgan fingerprint density at radius 3 is 2.23 bits per heavy atom. The fourth-order valence-corrected chi connectivity index (χ4v) is 2.62. The first-order valence-electron chi connectivity index (χ1n) is 7.94. The summed E-state index contributed by atoms with van der Waals surface area (Å²) in [6.07, 6.45) is 0. The molecule has 2 N–H and O–H groups in total. The number of fused-ring (bicyclic) bond motifs is 1. The second kappa shape index (κ2) is 7.57. The summed E-state index contributed by atoms with van der Waals surface area (Å²) in [7, 11) is 3.02. The van der Waals surface area contributed by atoms with Crippen LogP contribution < -0.4 is 20.1 Å². The molecule has 6 heteroatoms. The second-order valence-corrected chi connectivity index (χ2v) is 5.50. The SMILES string of the molecule is COc1ccc(NC(=O)C(=O)Nc2cccc3ccccc23)cc1OC. The molecule has 26 heavy (non-hydrogen) atoms. The topological polar surface area (TPSA) is 76.7 Å². The van der Waals surface area contributed by atoms with Crippen LogP contribution in [0.5, 0.6) is 11.5 Å². The van der Waals surface area contributed by atoms with E-state index in [9.17, 15) is 9.59 Å². The van der Waals surface area contributed by atoms with Crippen LogP contribution in [0.3, 0.4) is 0 Å². The molecule has 0 atom stereocenters. The first-order chi connectivity index (χ1) is 12.6. The van der Waals surface area contributed by atoms with Crippen LogP contribution in [0.25, 0.3) is 10.8 Å². The second-order valence-electron chi connectivity index (χ2n) is 5.50. The first kappa shape index (κ1) is 17.3. The Labute approximate surface area is 150 Å². The largest absolute Gasteiger partial charge is 0.493 e. The van der Waals surface area contributed by atoms with E-state index in [-0.39, 0.29) is 0 Å². The number of methoxy groups -OCH3 is 2. The molecular formula is C20H18N2O4. The quantitative estimate of drug-likeness (QED) is 0.707. The summed E-state index contributed by atoms with van der Waals surface area (Å²) in [5.41, 5.74) is 1.01. The number of benzene rings is 3. The van der Waals surface area contributed by atoms with Crippen molar-refractivity contribution >= 4 is 34.0 Å². The molecule has 0 saturated heterocycles. The molecule has 0 aliphatic heterocycles. The van der Waals surface area contributed by atoms with Crippen LogP contribution in [0.2, 0.25) is 0 Å². The van der Waals surface area contributed by atoms with Crippen molar-refractivity contribution in [1.82, 2.24) is 0 Å². The standard InChI is InChI=1S/C20H18N2O4/c1-25-17-11-10-14(12-18(17)26-2)21-19(23)20(24)22-16-9-5-7-13-6-3-4-8-15(13)16/h3-12H,1-2H3,(H,21,23)(H,22,24). The molecule has 3 aromatic carbocycles. The summed E-state index contributed by atoms with van der Waals surface area (Å²) in [6.45, 7) is 0. The fourth-order valence-electron chi connectivity index (χ4n) is 2.62. The third kappa shape index (κ3) is 3.59. The molecule has 0 heterocycles. The van der Waals surface area contributed by atoms with Gasteiger partial charge in [0.15, 0.2) is 11.5 Å². The van der Waals surface area contributed by atoms with E-state index in [0.29, 0.717) is 22.9 Å². The van der Waals surface area contributed by atoms with E-state index < -0.39 is 11.8 Å². The summed E-state index contributed by atoms with van der Waals surface area (Å²) in [5.74, 6) is -0.535. The average molecular weight is 350 g/mol. The van der Waals surface area contributed by atoms with E-state index in [4.69, 9.17) is 9.47 Å². The van der Waals surface area contributed by atoms with Gasteiger partial charge in [-0.2, -0.15) is 0 Å². The number of ether oxygens (including phenoxy) is 2. The molecule has 3 rings (SSSR count). The van der Waals surface area contributed by atoms with Crippen molar-refractivity contribution in [3.63, 3.8) is 0 Å². The lowest BCUT2D eigenvalue weighted by Crippen LogP contribution is -2.29. The molecule has 132 valence electrons. The normalized spacial score (nSPS) is 10.2. The minimum atomic E-state index is -0.773. The van der Waals surface area contributed by atoms with Gasteiger partial charge in [0.25, 0.3) is 0 Å². The van der Waals surface area contributed by atoms with Crippen molar-refractivity contribution in [2.75, 3.05) is 24.9 Å². The maximum atomic E-state index is 12.3. The number of carbonyl (C=O) groups is 2. The van der Waals surface area contributed by atoms with Crippen molar-refractivity contribution in [2.45, 2.75) is 0 Å². The van der Waals surface area contributed by atoms with E-state index in [1.807, 2.05) is 36.4 Å². The third-order valence-corrected chi connectivity index (χ3v) is 3.89. The van der Waals surface area contributed by atoms with Gasteiger partial charge in [0.2, 0.25) is 0 Å². The molecule has 0 bridgehead atoms. The zero-order valence-corrected chi connectivity index (χ0v) is 14.4. The van der Waals surface area contributed by atoms with Gasteiger partial charge in [0.1, 0.15) is 0 Å². The number of hydrogen-bond donors (Lipinski definition) is 2. The molecule has 0 radical (unpaired) electrons. The van der Waals surface area contributed by atoms with E-state index in [2.05, 4.69) is 10.6 Å². The molecular weight excluding hydrogens is 332 g/mol. The molecule has 2 amide bonds. The Morgan fingerprint density at radius 2 is 1.46 bits per heavy atom. The lowest BCUT2D eigenvalue weighted by Gasteiger charge is -2.11. The molecule has 0 aliphatic carbocycles. The highest BCUT2D eigenvalue weighted by molar-refractivity contribution is 6.44. The minimum absolute atomic E-state index is 0.431. The van der Waals surface area contributed by atoms with E-state index >= 15 is 0 Å². The Morgan fingerprint density at radius 1 is 0.769 bits per heavy atom. The Kier molecular flexibility index (Phi) is 5.03. The van der Waals surface area contributed by atoms with Gasteiger partial charge in [0.05, 0.1) is 14.2 Å². The van der Waals surface area contributed by atoms with E-state index in [1.54, 1.807) is 24.3 Å². The zero-order chi connectivity index (χ0) is 18.5. The maximum Gasteiger partial charge on any atom is 0.314 e. The molecule has 6 nitrogen and oxygen atoms in total. The lowest BCUT2D eigenvalue weighted by molar-refractivity contribution is -0.132. The summed E-state index contributed by atoms with van der Waals surface area (Å²) >= 11 is 0. The van der Waals surface area contributed by atoms with Crippen LogP contribution in [0.15, 0.2) is 60.7 Å². The van der Waals surface area contributed by atoms with Crippen LogP contribution in [-0.2, 0) is 9.59 Å². The van der Waals surface area contributed by atoms with Crippen LogP contribution in [0, 0.1) is 0 Å². The van der Waals surface area contributed by atoms with Crippen molar-refractivity contribution in [3.8, 4) is 11.5 Å². The Hall–Kier alpha value is -3.54. The molecule has 0 saturated carbocycles. The van der Waals surface area contributed by atoms with Gasteiger partial charge >= 0.3 is 11.8 Å². The molecule has 0 spiro atoms. The third-order valence-electron chi connectivity index (χ3n) is 3.89. The number of hydrogen-bond acceptors (Lipinski definition) is 4. The number of amides is 2. The van der Waals surface area contributed by atoms with Gasteiger partial charge in [-0.1, -0.05) is 36.4 Å². The van der Waals surface area contributed by atoms with Gasteiger partial charge in [0, 0.05) is 22.8 Å². The Bertz CT molecular complexity index is 964. The van der Waals surface area contributed by atoms with Crippen molar-refractivity contribution in [3.05, 3.63) is 60.7 Å². The molecule has 0 fully saturated rings. The molecule has 3 aromatic rings. The van der Waals surface area contributed by atoms with Gasteiger partial charge in [-0.15, -0.1) is 0 Å². The first-order valence-corrected chi connectivity index (χ1v) is 7.94. The van der Waals surface area contributed by atoms with E-state index in [0.717, 1.165) is 10.8 Å². The highest BCUT2D eigenvalue weighted by atomic mass is 16.5. The predicted octanol–water partition coefficient (Wildman–Crippen LogP) is 3.43. The molecule has 0 aromatic heterocycles. The van der Waals surface area contributed by atoms with Gasteiger partial charge in [-0.05, 0) is 23.6 Å². The molecule has 0 aliphatic rings. The van der Waals surface area contributed by atoms with Gasteiger partial charge < -0.3 is 20.1 Å². The monoisotopic (exact) mass is 350 g/mol. The van der Waals surface area contributed by atoms with Crippen LogP contribution in [0.4, 0.5) is 11.4 Å². The summed E-state index contributed by atoms with van der Waals surface area (Å²) in [6, 6.07) is 18.0. The fraction of sp³-hybridized carbons (Fsp3) is 0.100. The summed E-state index contributed by atoms with van der Waals surface area (Å²) < 4.78 is 10.3. The minimum Gasteiger partial charge on any atom is -0.493 e. The van der Waals surface area contributed by atoms with Crippen LogP contribution >= 0.6 is 0 Å². The smallest absolute Gasteiger partial charge is 0.314 e. The molecule has 0 unspecified atom stereocenters. The van der Waals surface area contributed by atoms with Gasteiger partial charge in [-0.25, -0.2) is 0 Å². The van der Waals surface area contributed by atoms with Crippen molar-refractivity contribution in [1.29, 1.82) is 0 Å². The summed E-state index contributed by atoms with van der Waals surface area (Å²) in [4.78, 5) is 24.5. The highest BCUT2D eigenvalue weighted by Gasteiger charge is 2.16. The van der Waals surface area contributed by atoms with Gasteiger partial charge in [-0.3, -0.25) is 9.59 Å². The zero-order valence-electron chi connectivity index (χ0n) is 14.4. The lowest BCUT2D eigenvalue weighted by atomic mass is 10.1. The van der Waals surface area contributed by atoms with Crippen molar-refractivity contribution in [2.24, 2.45) is 0 Å². The average Bonchev–Trinajstić information content (AvgIpc) is 2.68. The van der Waals surface area contributed by atoms with E-state index in [1.165, 1.54) is 14.2 Å². The van der Waals surface area contributed by atoms with Crippen LogP contribution in [-0.4, -0.2) is 26.0 Å². The number of nitrogens with one attached hydrogen (secondary N) is 2. The highest BCUT2D eigenvalue weighted by Crippen LogP contribution is 2.29. The number of anilines is 2. The van der Waals surface area contributed by atoms with Crippen LogP contribution in [0.1, 0.15) is 0 Å². The summed E-state index contributed by atoms with van der Waals surface area (Å²) in [5, 5.41) is 7.04. The Balaban J connectivity index is 1.75. The maximum absolute atomic E-state index is 12.3. The predicted molar refractivity (Wildman–Crippen MR) is 101 cm³/mol. The number of carbonyl (C=O) groups excluding carboxylic acids is 2. The van der Waals surface area contributed by atoms with Crippen molar-refractivity contribution < 1.29 is 19.1 Å².